The normalized spacial score (nSPS) is 15.8. The first-order valence-electron chi connectivity index (χ1n) is 3.26. The van der Waals surface area contributed by atoms with E-state index in [0.29, 0.717) is 11.5 Å². The van der Waals surface area contributed by atoms with E-state index in [1.165, 1.54) is 6.21 Å². The molecule has 0 aromatic carbocycles. The Labute approximate surface area is 72.6 Å². The molecule has 0 saturated carbocycles. The molecule has 3 N–H and O–H groups in total. The van der Waals surface area contributed by atoms with Gasteiger partial charge < -0.3 is 10.8 Å². The standard InChI is InChI=1S/C3HN5.C2H5NO2/c1-2-3(6-4-1)7-8-5-2;3-1-2(4)5/h1H;1,3H2,(H,4,5). The molecule has 68 valence electrons. The van der Waals surface area contributed by atoms with E-state index in [0.717, 1.165) is 0 Å². The molecular weight excluding hydrogens is 176 g/mol. The molecule has 0 spiro atoms. The highest BCUT2D eigenvalue weighted by Crippen LogP contribution is 2.02. The molecule has 0 saturated heterocycles. The zero-order valence-corrected chi connectivity index (χ0v) is 6.45. The lowest BCUT2D eigenvalue weighted by atomic mass is 10.4. The molecular formula is C5H6N6O2. The Morgan fingerprint density at radius 2 is 2.23 bits per heavy atom. The minimum atomic E-state index is -0.968. The second kappa shape index (κ2) is 4.16. The SMILES string of the molecule is C1=NN=C2N=NN=C12.NCC(=O)O. The summed E-state index contributed by atoms with van der Waals surface area (Å²) >= 11 is 0. The van der Waals surface area contributed by atoms with Crippen molar-refractivity contribution in [2.45, 2.75) is 0 Å². The number of fused-ring (bicyclic) bond motifs is 1. The van der Waals surface area contributed by atoms with Crippen molar-refractivity contribution < 1.29 is 9.90 Å². The first-order valence-corrected chi connectivity index (χ1v) is 3.26. The van der Waals surface area contributed by atoms with Crippen LogP contribution in [0.1, 0.15) is 0 Å². The van der Waals surface area contributed by atoms with Crippen molar-refractivity contribution in [1.82, 2.24) is 0 Å². The Bertz CT molecular complexity index is 302. The minimum Gasteiger partial charge on any atom is -0.480 e. The van der Waals surface area contributed by atoms with Crippen LogP contribution in [0.3, 0.4) is 0 Å². The van der Waals surface area contributed by atoms with Gasteiger partial charge in [-0.25, -0.2) is 0 Å². The maximum absolute atomic E-state index is 9.24. The summed E-state index contributed by atoms with van der Waals surface area (Å²) in [5.74, 6) is -0.449. The Morgan fingerprint density at radius 1 is 1.54 bits per heavy atom. The van der Waals surface area contributed by atoms with Crippen molar-refractivity contribution in [2.24, 2.45) is 31.4 Å². The molecule has 2 rings (SSSR count). The van der Waals surface area contributed by atoms with Gasteiger partial charge >= 0.3 is 5.97 Å². The molecule has 8 nitrogen and oxygen atoms in total. The van der Waals surface area contributed by atoms with Crippen LogP contribution in [0, 0.1) is 0 Å². The third-order valence-electron chi connectivity index (χ3n) is 1.03. The highest BCUT2D eigenvalue weighted by molar-refractivity contribution is 6.64. The molecule has 2 heterocycles. The Morgan fingerprint density at radius 3 is 2.77 bits per heavy atom. The van der Waals surface area contributed by atoms with E-state index in [-0.39, 0.29) is 6.54 Å². The number of hydrogen-bond acceptors (Lipinski definition) is 7. The summed E-state index contributed by atoms with van der Waals surface area (Å²) in [6, 6.07) is 0. The predicted molar refractivity (Wildman–Crippen MR) is 44.9 cm³/mol. The first-order chi connectivity index (χ1) is 6.24. The van der Waals surface area contributed by atoms with Crippen LogP contribution in [0.25, 0.3) is 0 Å². The number of hydrogen-bond donors (Lipinski definition) is 2. The third-order valence-corrected chi connectivity index (χ3v) is 1.03. The molecule has 2 aliphatic rings. The topological polar surface area (TPSA) is 125 Å². The number of rotatable bonds is 1. The van der Waals surface area contributed by atoms with Gasteiger partial charge in [-0.2, -0.15) is 5.10 Å². The van der Waals surface area contributed by atoms with Crippen molar-refractivity contribution in [1.29, 1.82) is 0 Å². The van der Waals surface area contributed by atoms with E-state index in [1.54, 1.807) is 0 Å². The molecule has 13 heavy (non-hydrogen) atoms. The smallest absolute Gasteiger partial charge is 0.317 e. The molecule has 2 aliphatic heterocycles. The van der Waals surface area contributed by atoms with Gasteiger partial charge in [0.25, 0.3) is 0 Å². The van der Waals surface area contributed by atoms with Gasteiger partial charge in [0, 0.05) is 0 Å². The Balaban J connectivity index is 0.000000149. The largest absolute Gasteiger partial charge is 0.480 e. The van der Waals surface area contributed by atoms with Gasteiger partial charge in [0.15, 0.2) is 5.71 Å². The van der Waals surface area contributed by atoms with Crippen LogP contribution in [-0.2, 0) is 4.79 Å². The fraction of sp³-hybridized carbons (Fsp3) is 0.200. The van der Waals surface area contributed by atoms with Gasteiger partial charge in [-0.3, -0.25) is 4.79 Å². The lowest BCUT2D eigenvalue weighted by Crippen LogP contribution is -2.10. The van der Waals surface area contributed by atoms with E-state index in [2.05, 4.69) is 31.4 Å². The first kappa shape index (κ1) is 9.13. The van der Waals surface area contributed by atoms with Gasteiger partial charge in [0.2, 0.25) is 5.84 Å². The summed E-state index contributed by atoms with van der Waals surface area (Å²) < 4.78 is 0. The number of nitrogens with zero attached hydrogens (tertiary/aromatic N) is 5. The Kier molecular flexibility index (Phi) is 2.92. The van der Waals surface area contributed by atoms with E-state index in [1.807, 2.05) is 0 Å². The number of carbonyl (C=O) groups is 1. The van der Waals surface area contributed by atoms with Crippen LogP contribution < -0.4 is 5.73 Å². The second-order valence-electron chi connectivity index (χ2n) is 1.94. The van der Waals surface area contributed by atoms with Crippen LogP contribution >= 0.6 is 0 Å². The summed E-state index contributed by atoms with van der Waals surface area (Å²) in [6.45, 7) is -0.278. The van der Waals surface area contributed by atoms with E-state index >= 15 is 0 Å². The lowest BCUT2D eigenvalue weighted by molar-refractivity contribution is -0.135. The monoisotopic (exact) mass is 182 g/mol. The van der Waals surface area contributed by atoms with Crippen molar-refractivity contribution in [3.05, 3.63) is 0 Å². The van der Waals surface area contributed by atoms with Crippen LogP contribution in [0.5, 0.6) is 0 Å². The number of amidine groups is 1. The number of nitrogens with two attached hydrogens (primary N) is 1. The number of aliphatic carboxylic acids is 1. The van der Waals surface area contributed by atoms with Crippen LogP contribution in [0.4, 0.5) is 0 Å². The van der Waals surface area contributed by atoms with E-state index < -0.39 is 5.97 Å². The fourth-order valence-corrected chi connectivity index (χ4v) is 0.502. The number of carboxylic acids is 1. The average molecular weight is 182 g/mol. The molecule has 0 aliphatic carbocycles. The highest BCUT2D eigenvalue weighted by Gasteiger charge is 2.14. The predicted octanol–water partition coefficient (Wildman–Crippen LogP) is -0.764. The van der Waals surface area contributed by atoms with Gasteiger partial charge in [0.1, 0.15) is 0 Å². The lowest BCUT2D eigenvalue weighted by Gasteiger charge is -1.73. The second-order valence-corrected chi connectivity index (χ2v) is 1.94. The van der Waals surface area contributed by atoms with Crippen molar-refractivity contribution in [3.8, 4) is 0 Å². The Hall–Kier alpha value is -1.96. The van der Waals surface area contributed by atoms with E-state index in [4.69, 9.17) is 5.11 Å². The van der Waals surface area contributed by atoms with E-state index in [9.17, 15) is 4.79 Å². The molecule has 0 unspecified atom stereocenters. The molecule has 0 bridgehead atoms. The van der Waals surface area contributed by atoms with Gasteiger partial charge in [0.05, 0.1) is 12.8 Å². The minimum absolute atomic E-state index is 0.278. The molecule has 0 fully saturated rings. The fourth-order valence-electron chi connectivity index (χ4n) is 0.502. The molecule has 0 aromatic rings. The van der Waals surface area contributed by atoms with Crippen molar-refractivity contribution in [2.75, 3.05) is 6.54 Å². The molecule has 0 amide bonds. The van der Waals surface area contributed by atoms with Crippen LogP contribution in [-0.4, -0.2) is 35.4 Å². The third kappa shape index (κ3) is 2.52. The van der Waals surface area contributed by atoms with Crippen LogP contribution in [0.15, 0.2) is 25.6 Å². The summed E-state index contributed by atoms with van der Waals surface area (Å²) in [7, 11) is 0. The number of carboxylic acid groups (broad SMARTS) is 1. The van der Waals surface area contributed by atoms with Crippen molar-refractivity contribution in [3.63, 3.8) is 0 Å². The molecule has 0 atom stereocenters. The zero-order valence-electron chi connectivity index (χ0n) is 6.45. The maximum atomic E-state index is 9.24. The quantitative estimate of drug-likeness (QED) is 0.553. The summed E-state index contributed by atoms with van der Waals surface area (Å²) in [4.78, 5) is 9.24. The molecule has 8 heteroatoms. The summed E-state index contributed by atoms with van der Waals surface area (Å²) in [5.41, 5.74) is 5.23. The molecule has 0 aromatic heterocycles. The summed E-state index contributed by atoms with van der Waals surface area (Å²) in [6.07, 6.45) is 1.52. The highest BCUT2D eigenvalue weighted by atomic mass is 16.4. The maximum Gasteiger partial charge on any atom is 0.317 e. The summed E-state index contributed by atoms with van der Waals surface area (Å²) in [5, 5.41) is 25.2. The zero-order chi connectivity index (χ0) is 9.68. The van der Waals surface area contributed by atoms with Gasteiger partial charge in [-0.1, -0.05) is 0 Å². The van der Waals surface area contributed by atoms with Gasteiger partial charge in [-0.05, 0) is 5.22 Å². The molecule has 0 radical (unpaired) electrons. The average Bonchev–Trinajstić information content (AvgIpc) is 2.64. The van der Waals surface area contributed by atoms with Crippen LogP contribution in [0.2, 0.25) is 0 Å². The van der Waals surface area contributed by atoms with Crippen molar-refractivity contribution >= 4 is 23.7 Å². The van der Waals surface area contributed by atoms with Gasteiger partial charge in [-0.15, -0.1) is 15.3 Å².